The van der Waals surface area contributed by atoms with Crippen LogP contribution in [0.4, 0.5) is 5.69 Å². The number of hydrogen-bond donors (Lipinski definition) is 1. The summed E-state index contributed by atoms with van der Waals surface area (Å²) in [7, 11) is 0. The molecule has 0 spiro atoms. The zero-order chi connectivity index (χ0) is 14.0. The summed E-state index contributed by atoms with van der Waals surface area (Å²) < 4.78 is 6.43. The molecule has 0 radical (unpaired) electrons. The Morgan fingerprint density at radius 3 is 2.84 bits per heavy atom. The van der Waals surface area contributed by atoms with Crippen LogP contribution >= 0.6 is 15.9 Å². The lowest BCUT2D eigenvalue weighted by molar-refractivity contribution is 0.0154. The summed E-state index contributed by atoms with van der Waals surface area (Å²) in [4.78, 5) is 12.2. The van der Waals surface area contributed by atoms with Crippen molar-refractivity contribution in [1.82, 2.24) is 0 Å². The van der Waals surface area contributed by atoms with Crippen LogP contribution in [-0.4, -0.2) is 12.1 Å². The minimum absolute atomic E-state index is 0.0517. The van der Waals surface area contributed by atoms with Gasteiger partial charge in [0, 0.05) is 10.2 Å². The SMILES string of the molecule is Cc1c(N)cc(Br)cc1C(=O)OC1CCCC(C)C1. The number of ether oxygens (including phenoxy) is 1. The van der Waals surface area contributed by atoms with Crippen LogP contribution in [0, 0.1) is 12.8 Å². The fourth-order valence-corrected chi connectivity index (χ4v) is 3.09. The van der Waals surface area contributed by atoms with Gasteiger partial charge in [0.1, 0.15) is 6.10 Å². The van der Waals surface area contributed by atoms with Crippen LogP contribution < -0.4 is 5.73 Å². The number of carbonyl (C=O) groups excluding carboxylic acids is 1. The molecular weight excluding hydrogens is 306 g/mol. The molecule has 0 bridgehead atoms. The highest BCUT2D eigenvalue weighted by molar-refractivity contribution is 9.10. The molecule has 2 unspecified atom stereocenters. The second-order valence-corrected chi connectivity index (χ2v) is 6.38. The van der Waals surface area contributed by atoms with Crippen LogP contribution in [-0.2, 0) is 4.74 Å². The van der Waals surface area contributed by atoms with Crippen molar-refractivity contribution in [2.45, 2.75) is 45.6 Å². The summed E-state index contributed by atoms with van der Waals surface area (Å²) in [5.41, 5.74) is 7.84. The molecule has 2 rings (SSSR count). The van der Waals surface area contributed by atoms with Crippen LogP contribution in [0.2, 0.25) is 0 Å². The molecule has 1 aliphatic carbocycles. The highest BCUT2D eigenvalue weighted by Crippen LogP contribution is 2.28. The average Bonchev–Trinajstić information content (AvgIpc) is 2.33. The zero-order valence-corrected chi connectivity index (χ0v) is 13.0. The molecule has 1 saturated carbocycles. The van der Waals surface area contributed by atoms with Crippen LogP contribution in [0.15, 0.2) is 16.6 Å². The summed E-state index contributed by atoms with van der Waals surface area (Å²) >= 11 is 3.36. The Labute approximate surface area is 122 Å². The number of nitrogen functional groups attached to an aromatic ring is 1. The van der Waals surface area contributed by atoms with E-state index in [1.807, 2.05) is 6.92 Å². The van der Waals surface area contributed by atoms with E-state index in [1.165, 1.54) is 6.42 Å². The maximum Gasteiger partial charge on any atom is 0.338 e. The van der Waals surface area contributed by atoms with Gasteiger partial charge >= 0.3 is 5.97 Å². The molecule has 19 heavy (non-hydrogen) atoms. The van der Waals surface area contributed by atoms with Gasteiger partial charge in [-0.05, 0) is 49.8 Å². The Morgan fingerprint density at radius 1 is 1.42 bits per heavy atom. The van der Waals surface area contributed by atoms with Gasteiger partial charge in [-0.15, -0.1) is 0 Å². The van der Waals surface area contributed by atoms with Crippen LogP contribution in [0.3, 0.4) is 0 Å². The number of nitrogens with two attached hydrogens (primary N) is 1. The summed E-state index contributed by atoms with van der Waals surface area (Å²) in [5, 5.41) is 0. The monoisotopic (exact) mass is 325 g/mol. The van der Waals surface area contributed by atoms with Gasteiger partial charge in [0.25, 0.3) is 0 Å². The minimum Gasteiger partial charge on any atom is -0.459 e. The molecule has 1 aromatic carbocycles. The first kappa shape index (κ1) is 14.4. The predicted octanol–water partition coefficient (Wildman–Crippen LogP) is 4.08. The van der Waals surface area contributed by atoms with Crippen molar-refractivity contribution in [2.75, 3.05) is 5.73 Å². The number of benzene rings is 1. The first-order chi connectivity index (χ1) is 8.97. The number of anilines is 1. The molecule has 2 atom stereocenters. The lowest BCUT2D eigenvalue weighted by Gasteiger charge is -2.26. The van der Waals surface area contributed by atoms with Gasteiger partial charge in [0.15, 0.2) is 0 Å². The number of halogens is 1. The maximum absolute atomic E-state index is 12.2. The van der Waals surface area contributed by atoms with E-state index in [-0.39, 0.29) is 12.1 Å². The minimum atomic E-state index is -0.260. The van der Waals surface area contributed by atoms with E-state index in [4.69, 9.17) is 10.5 Å². The van der Waals surface area contributed by atoms with Gasteiger partial charge < -0.3 is 10.5 Å². The van der Waals surface area contributed by atoms with E-state index in [2.05, 4.69) is 22.9 Å². The maximum atomic E-state index is 12.2. The van der Waals surface area contributed by atoms with E-state index in [0.29, 0.717) is 17.2 Å². The topological polar surface area (TPSA) is 52.3 Å². The summed E-state index contributed by atoms with van der Waals surface area (Å²) in [6, 6.07) is 3.58. The lowest BCUT2D eigenvalue weighted by atomic mass is 9.88. The molecular formula is C15H20BrNO2. The van der Waals surface area contributed by atoms with Crippen molar-refractivity contribution in [2.24, 2.45) is 5.92 Å². The molecule has 1 aliphatic rings. The lowest BCUT2D eigenvalue weighted by Crippen LogP contribution is -2.25. The van der Waals surface area contributed by atoms with E-state index in [1.54, 1.807) is 12.1 Å². The Morgan fingerprint density at radius 2 is 2.16 bits per heavy atom. The highest BCUT2D eigenvalue weighted by Gasteiger charge is 2.23. The molecule has 4 heteroatoms. The summed E-state index contributed by atoms with van der Waals surface area (Å²) in [5.74, 6) is 0.379. The van der Waals surface area contributed by atoms with E-state index >= 15 is 0 Å². The molecule has 104 valence electrons. The van der Waals surface area contributed by atoms with Gasteiger partial charge in [-0.1, -0.05) is 29.3 Å². The van der Waals surface area contributed by atoms with Gasteiger partial charge in [-0.3, -0.25) is 0 Å². The number of carbonyl (C=O) groups is 1. The number of hydrogen-bond acceptors (Lipinski definition) is 3. The molecule has 0 amide bonds. The van der Waals surface area contributed by atoms with Gasteiger partial charge in [0.2, 0.25) is 0 Å². The highest BCUT2D eigenvalue weighted by atomic mass is 79.9. The van der Waals surface area contributed by atoms with Gasteiger partial charge in [-0.25, -0.2) is 4.79 Å². The van der Waals surface area contributed by atoms with Crippen molar-refractivity contribution in [3.05, 3.63) is 27.7 Å². The number of esters is 1. The smallest absolute Gasteiger partial charge is 0.338 e. The van der Waals surface area contributed by atoms with Crippen molar-refractivity contribution in [1.29, 1.82) is 0 Å². The summed E-state index contributed by atoms with van der Waals surface area (Å²) in [6.45, 7) is 4.06. The Balaban J connectivity index is 2.11. The summed E-state index contributed by atoms with van der Waals surface area (Å²) in [6.07, 6.45) is 4.36. The molecule has 0 heterocycles. The van der Waals surface area contributed by atoms with Crippen molar-refractivity contribution in [3.63, 3.8) is 0 Å². The third-order valence-corrected chi connectivity index (χ3v) is 4.25. The zero-order valence-electron chi connectivity index (χ0n) is 11.4. The fraction of sp³-hybridized carbons (Fsp3) is 0.533. The Bertz CT molecular complexity index is 487. The van der Waals surface area contributed by atoms with E-state index in [9.17, 15) is 4.79 Å². The van der Waals surface area contributed by atoms with E-state index < -0.39 is 0 Å². The molecule has 0 saturated heterocycles. The van der Waals surface area contributed by atoms with Gasteiger partial charge in [0.05, 0.1) is 5.56 Å². The molecule has 0 aromatic heterocycles. The molecule has 1 aromatic rings. The second-order valence-electron chi connectivity index (χ2n) is 5.47. The van der Waals surface area contributed by atoms with Crippen molar-refractivity contribution in [3.8, 4) is 0 Å². The standard InChI is InChI=1S/C15H20BrNO2/c1-9-4-3-5-12(6-9)19-15(18)13-7-11(16)8-14(17)10(13)2/h7-9,12H,3-6,17H2,1-2H3. The molecule has 2 N–H and O–H groups in total. The van der Waals surface area contributed by atoms with Crippen LogP contribution in [0.1, 0.15) is 48.5 Å². The average molecular weight is 326 g/mol. The van der Waals surface area contributed by atoms with Gasteiger partial charge in [-0.2, -0.15) is 0 Å². The number of rotatable bonds is 2. The third kappa shape index (κ3) is 3.50. The Hall–Kier alpha value is -1.03. The van der Waals surface area contributed by atoms with Crippen LogP contribution in [0.5, 0.6) is 0 Å². The van der Waals surface area contributed by atoms with Crippen molar-refractivity contribution < 1.29 is 9.53 Å². The normalized spacial score (nSPS) is 23.1. The third-order valence-electron chi connectivity index (χ3n) is 3.79. The molecule has 0 aliphatic heterocycles. The van der Waals surface area contributed by atoms with Crippen LogP contribution in [0.25, 0.3) is 0 Å². The van der Waals surface area contributed by atoms with Crippen molar-refractivity contribution >= 4 is 27.6 Å². The predicted molar refractivity (Wildman–Crippen MR) is 80.1 cm³/mol. The fourth-order valence-electron chi connectivity index (χ4n) is 2.61. The molecule has 1 fully saturated rings. The second kappa shape index (κ2) is 5.95. The largest absolute Gasteiger partial charge is 0.459 e. The van der Waals surface area contributed by atoms with E-state index in [0.717, 1.165) is 29.3 Å². The quantitative estimate of drug-likeness (QED) is 0.658. The first-order valence-electron chi connectivity index (χ1n) is 6.74. The molecule has 3 nitrogen and oxygen atoms in total. The first-order valence-corrected chi connectivity index (χ1v) is 7.53. The Kier molecular flexibility index (Phi) is 4.50.